The highest BCUT2D eigenvalue weighted by Crippen LogP contribution is 2.49. The summed E-state index contributed by atoms with van der Waals surface area (Å²) in [5.41, 5.74) is 2.79. The third kappa shape index (κ3) is 4.90. The number of ether oxygens (including phenoxy) is 2. The molecule has 2 aromatic carbocycles. The van der Waals surface area contributed by atoms with Gasteiger partial charge < -0.3 is 19.7 Å². The molecular weight excluding hydrogens is 547 g/mol. The Morgan fingerprint density at radius 3 is 1.97 bits per heavy atom. The molecule has 2 fully saturated rings. The van der Waals surface area contributed by atoms with Gasteiger partial charge in [0, 0.05) is 12.5 Å². The van der Waals surface area contributed by atoms with Crippen LogP contribution in [0.25, 0.3) is 0 Å². The first kappa shape index (κ1) is 29.1. The van der Waals surface area contributed by atoms with E-state index >= 15 is 0 Å². The smallest absolute Gasteiger partial charge is 0.243 e. The van der Waals surface area contributed by atoms with E-state index < -0.39 is 68.3 Å². The van der Waals surface area contributed by atoms with Crippen molar-refractivity contribution in [3.8, 4) is 0 Å². The Kier molecular flexibility index (Phi) is 6.96. The molecule has 0 bridgehead atoms. The Labute approximate surface area is 235 Å². The van der Waals surface area contributed by atoms with Gasteiger partial charge in [0.25, 0.3) is 0 Å². The lowest BCUT2D eigenvalue weighted by atomic mass is 9.70. The van der Waals surface area contributed by atoms with Crippen molar-refractivity contribution in [2.24, 2.45) is 0 Å². The van der Waals surface area contributed by atoms with Gasteiger partial charge in [0.2, 0.25) is 10.0 Å². The van der Waals surface area contributed by atoms with Crippen LogP contribution in [0.15, 0.2) is 41.3 Å². The number of benzene rings is 2. The lowest BCUT2D eigenvalue weighted by Crippen LogP contribution is -2.66. The molecule has 5 rings (SSSR count). The van der Waals surface area contributed by atoms with E-state index in [9.17, 15) is 18.6 Å². The molecule has 39 heavy (non-hydrogen) atoms. The summed E-state index contributed by atoms with van der Waals surface area (Å²) >= 11 is 0. The maximum absolute atomic E-state index is 14.3. The molecule has 1 aliphatic carbocycles. The molecule has 214 valence electrons. The largest absolute Gasteiger partial charge is 0.390 e. The normalized spacial score (nSPS) is 30.9. The first-order valence-corrected chi connectivity index (χ1v) is 22.2. The van der Waals surface area contributed by atoms with Crippen LogP contribution in [0.1, 0.15) is 36.5 Å². The van der Waals surface area contributed by atoms with Gasteiger partial charge in [-0.15, -0.1) is 0 Å². The van der Waals surface area contributed by atoms with Crippen LogP contribution >= 0.6 is 0 Å². The van der Waals surface area contributed by atoms with E-state index in [-0.39, 0.29) is 11.4 Å². The predicted octanol–water partition coefficient (Wildman–Crippen LogP) is 3.00. The van der Waals surface area contributed by atoms with Crippen molar-refractivity contribution in [3.63, 3.8) is 0 Å². The van der Waals surface area contributed by atoms with Gasteiger partial charge in [-0.05, 0) is 44.0 Å². The van der Waals surface area contributed by atoms with Crippen LogP contribution in [0.2, 0.25) is 39.3 Å². The molecule has 2 aromatic rings. The van der Waals surface area contributed by atoms with E-state index in [1.807, 2.05) is 6.92 Å². The quantitative estimate of drug-likeness (QED) is 0.533. The van der Waals surface area contributed by atoms with Crippen molar-refractivity contribution in [2.45, 2.75) is 114 Å². The van der Waals surface area contributed by atoms with Crippen LogP contribution < -0.4 is 10.4 Å². The van der Waals surface area contributed by atoms with Gasteiger partial charge in [-0.3, -0.25) is 0 Å². The van der Waals surface area contributed by atoms with Crippen LogP contribution in [0.5, 0.6) is 0 Å². The average molecular weight is 590 g/mol. The highest BCUT2D eigenvalue weighted by atomic mass is 32.2. The zero-order valence-electron chi connectivity index (χ0n) is 24.5. The monoisotopic (exact) mass is 589 g/mol. The maximum atomic E-state index is 14.3. The third-order valence-electron chi connectivity index (χ3n) is 8.46. The summed E-state index contributed by atoms with van der Waals surface area (Å²) in [6, 6.07) is 10.6. The standard InChI is InChI=1S/C29H43NO6SSi2/c1-17-10-12-19(13-11-17)37(33,34)30-16-18-14-21(38(4,5)6)22(39(7,8)9)15-20(18)23-24(30)27-28(26(32)25(23)31)36-29(2,3)35-27/h10-15,23-28,31-32H,16H2,1-9H3/t23-,24-,25+,26+,27+,28-/m1/s1. The summed E-state index contributed by atoms with van der Waals surface area (Å²) in [5, 5.41) is 25.6. The number of nitrogens with zero attached hydrogens (tertiary/aromatic N) is 1. The number of aliphatic hydroxyl groups excluding tert-OH is 2. The number of fused-ring (bicyclic) bond motifs is 5. The molecule has 2 aliphatic heterocycles. The fraction of sp³-hybridized carbons (Fsp3) is 0.586. The van der Waals surface area contributed by atoms with Gasteiger partial charge in [-0.2, -0.15) is 4.31 Å². The number of sulfonamides is 1. The molecule has 0 radical (unpaired) electrons. The van der Waals surface area contributed by atoms with Crippen LogP contribution in [-0.2, 0) is 26.0 Å². The van der Waals surface area contributed by atoms with Gasteiger partial charge in [-0.25, -0.2) is 8.42 Å². The summed E-state index contributed by atoms with van der Waals surface area (Å²) in [4.78, 5) is 0.203. The summed E-state index contributed by atoms with van der Waals surface area (Å²) < 4.78 is 42.5. The zero-order valence-corrected chi connectivity index (χ0v) is 27.3. The molecule has 0 unspecified atom stereocenters. The Morgan fingerprint density at radius 1 is 0.872 bits per heavy atom. The Bertz CT molecular complexity index is 1380. The van der Waals surface area contributed by atoms with Crippen LogP contribution in [0, 0.1) is 6.92 Å². The van der Waals surface area contributed by atoms with Crippen molar-refractivity contribution >= 4 is 36.5 Å². The molecule has 3 aliphatic rings. The highest BCUT2D eigenvalue weighted by molar-refractivity contribution is 7.89. The second-order valence-electron chi connectivity index (χ2n) is 14.0. The highest BCUT2D eigenvalue weighted by Gasteiger charge is 2.62. The SMILES string of the molecule is Cc1ccc(S(=O)(=O)N2Cc3cc([Si](C)(C)C)c([Si](C)(C)C)cc3[C@H]3[C@H](O)[C@H](O)[C@H]4OC(C)(C)O[C@H]4[C@@H]32)cc1. The van der Waals surface area contributed by atoms with Gasteiger partial charge in [-0.1, -0.05) is 79.5 Å². The van der Waals surface area contributed by atoms with Crippen LogP contribution in [-0.4, -0.2) is 75.3 Å². The van der Waals surface area contributed by atoms with E-state index in [0.717, 1.165) is 16.7 Å². The first-order chi connectivity index (χ1) is 17.8. The molecule has 0 spiro atoms. The Morgan fingerprint density at radius 2 is 1.41 bits per heavy atom. The summed E-state index contributed by atoms with van der Waals surface area (Å²) in [6.07, 6.45) is -3.99. The molecule has 6 atom stereocenters. The molecule has 0 amide bonds. The van der Waals surface area contributed by atoms with Crippen molar-refractivity contribution in [2.75, 3.05) is 0 Å². The maximum Gasteiger partial charge on any atom is 0.243 e. The topological polar surface area (TPSA) is 96.3 Å². The van der Waals surface area contributed by atoms with Gasteiger partial charge in [0.1, 0.15) is 18.3 Å². The van der Waals surface area contributed by atoms with Crippen molar-refractivity contribution in [1.29, 1.82) is 0 Å². The molecule has 1 saturated heterocycles. The lowest BCUT2D eigenvalue weighted by Gasteiger charge is -2.51. The second kappa shape index (κ2) is 9.32. The van der Waals surface area contributed by atoms with Gasteiger partial charge in [0.15, 0.2) is 5.79 Å². The van der Waals surface area contributed by atoms with E-state index in [1.54, 1.807) is 38.1 Å². The molecule has 7 nitrogen and oxygen atoms in total. The van der Waals surface area contributed by atoms with E-state index in [4.69, 9.17) is 9.47 Å². The molecule has 0 aromatic heterocycles. The van der Waals surface area contributed by atoms with Crippen LogP contribution in [0.3, 0.4) is 0 Å². The molecule has 10 heteroatoms. The molecule has 2 heterocycles. The third-order valence-corrected chi connectivity index (χ3v) is 14.6. The van der Waals surface area contributed by atoms with Crippen molar-refractivity contribution in [1.82, 2.24) is 4.31 Å². The summed E-state index contributed by atoms with van der Waals surface area (Å²) in [6.45, 7) is 19.6. The Hall–Kier alpha value is -1.38. The minimum atomic E-state index is -3.97. The number of hydrogen-bond donors (Lipinski definition) is 2. The minimum absolute atomic E-state index is 0.173. The minimum Gasteiger partial charge on any atom is -0.390 e. The fourth-order valence-corrected chi connectivity index (χ4v) is 13.4. The average Bonchev–Trinajstić information content (AvgIpc) is 3.15. The zero-order chi connectivity index (χ0) is 28.9. The van der Waals surface area contributed by atoms with Gasteiger partial charge in [0.05, 0.1) is 33.2 Å². The number of aliphatic hydroxyl groups is 2. The van der Waals surface area contributed by atoms with Crippen molar-refractivity contribution < 1.29 is 28.1 Å². The molecular formula is C29H43NO6SSi2. The van der Waals surface area contributed by atoms with E-state index in [1.165, 1.54) is 14.7 Å². The number of rotatable bonds is 4. The van der Waals surface area contributed by atoms with Crippen LogP contribution in [0.4, 0.5) is 0 Å². The van der Waals surface area contributed by atoms with E-state index in [2.05, 4.69) is 51.4 Å². The first-order valence-electron chi connectivity index (χ1n) is 13.8. The fourth-order valence-electron chi connectivity index (χ4n) is 6.58. The number of aryl methyl sites for hydroxylation is 1. The molecule has 2 N–H and O–H groups in total. The summed E-state index contributed by atoms with van der Waals surface area (Å²) in [5.74, 6) is -1.68. The lowest BCUT2D eigenvalue weighted by molar-refractivity contribution is -0.159. The van der Waals surface area contributed by atoms with Crippen molar-refractivity contribution in [3.05, 3.63) is 53.1 Å². The Balaban J connectivity index is 1.76. The van der Waals surface area contributed by atoms with E-state index in [0.29, 0.717) is 0 Å². The number of hydrogen-bond acceptors (Lipinski definition) is 6. The molecule has 1 saturated carbocycles. The predicted molar refractivity (Wildman–Crippen MR) is 159 cm³/mol. The summed E-state index contributed by atoms with van der Waals surface area (Å²) in [7, 11) is -7.56. The van der Waals surface area contributed by atoms with Gasteiger partial charge >= 0.3 is 0 Å². The second-order valence-corrected chi connectivity index (χ2v) is 26.0.